The molecule has 1 aliphatic heterocycles. The SMILES string of the molecule is Cc1nc2ccccc2cc1C(=O)N1CCC(NC(=O)Nc2ccc(F)cc2)CC1. The Bertz CT molecular complexity index is 1080. The normalized spacial score (nSPS) is 14.5. The number of urea groups is 1. The molecule has 0 saturated carbocycles. The number of piperidine rings is 1. The first-order valence-corrected chi connectivity index (χ1v) is 9.98. The fraction of sp³-hybridized carbons (Fsp3) is 0.261. The van der Waals surface area contributed by atoms with Gasteiger partial charge >= 0.3 is 6.03 Å². The van der Waals surface area contributed by atoms with E-state index in [-0.39, 0.29) is 23.8 Å². The Morgan fingerprint density at radius 2 is 1.77 bits per heavy atom. The number of para-hydroxylation sites is 1. The molecule has 0 unspecified atom stereocenters. The number of aryl methyl sites for hydroxylation is 1. The van der Waals surface area contributed by atoms with Gasteiger partial charge in [0.25, 0.3) is 5.91 Å². The van der Waals surface area contributed by atoms with Crippen LogP contribution in [0.5, 0.6) is 0 Å². The molecule has 30 heavy (non-hydrogen) atoms. The predicted octanol–water partition coefficient (Wildman–Crippen LogP) is 4.11. The number of likely N-dealkylation sites (tertiary alicyclic amines) is 1. The zero-order valence-corrected chi connectivity index (χ0v) is 16.7. The number of fused-ring (bicyclic) bond motifs is 1. The minimum absolute atomic E-state index is 0.0228. The van der Waals surface area contributed by atoms with Crippen molar-refractivity contribution < 1.29 is 14.0 Å². The number of carbonyl (C=O) groups excluding carboxylic acids is 2. The summed E-state index contributed by atoms with van der Waals surface area (Å²) in [6, 6.07) is 14.9. The van der Waals surface area contributed by atoms with E-state index in [0.29, 0.717) is 37.2 Å². The minimum atomic E-state index is -0.352. The summed E-state index contributed by atoms with van der Waals surface area (Å²) in [6.45, 7) is 2.98. The first kappa shape index (κ1) is 19.8. The maximum atomic E-state index is 13.0. The predicted molar refractivity (Wildman–Crippen MR) is 114 cm³/mol. The summed E-state index contributed by atoms with van der Waals surface area (Å²) < 4.78 is 13.0. The second kappa shape index (κ2) is 8.49. The number of halogens is 1. The summed E-state index contributed by atoms with van der Waals surface area (Å²) in [6.07, 6.45) is 1.34. The van der Waals surface area contributed by atoms with Crippen LogP contribution in [0.3, 0.4) is 0 Å². The van der Waals surface area contributed by atoms with E-state index in [1.54, 1.807) is 0 Å². The molecule has 0 aliphatic carbocycles. The fourth-order valence-electron chi connectivity index (χ4n) is 3.71. The van der Waals surface area contributed by atoms with Gasteiger partial charge in [0.2, 0.25) is 0 Å². The van der Waals surface area contributed by atoms with Gasteiger partial charge in [0.1, 0.15) is 5.82 Å². The number of nitrogens with zero attached hydrogens (tertiary/aromatic N) is 2. The van der Waals surface area contributed by atoms with Gasteiger partial charge in [-0.2, -0.15) is 0 Å². The number of hydrogen-bond acceptors (Lipinski definition) is 3. The molecule has 7 heteroatoms. The van der Waals surface area contributed by atoms with Gasteiger partial charge in [0.05, 0.1) is 16.8 Å². The lowest BCUT2D eigenvalue weighted by Crippen LogP contribution is -2.47. The minimum Gasteiger partial charge on any atom is -0.338 e. The molecular weight excluding hydrogens is 383 g/mol. The summed E-state index contributed by atoms with van der Waals surface area (Å²) in [5, 5.41) is 6.56. The average Bonchev–Trinajstić information content (AvgIpc) is 2.75. The van der Waals surface area contributed by atoms with Crippen LogP contribution in [-0.4, -0.2) is 41.0 Å². The Kier molecular flexibility index (Phi) is 5.61. The smallest absolute Gasteiger partial charge is 0.319 e. The van der Waals surface area contributed by atoms with Crippen molar-refractivity contribution in [3.8, 4) is 0 Å². The third kappa shape index (κ3) is 4.40. The molecule has 0 bridgehead atoms. The highest BCUT2D eigenvalue weighted by molar-refractivity contribution is 5.98. The lowest BCUT2D eigenvalue weighted by Gasteiger charge is -2.32. The molecule has 2 aromatic carbocycles. The average molecular weight is 406 g/mol. The van der Waals surface area contributed by atoms with Gasteiger partial charge in [-0.1, -0.05) is 18.2 Å². The molecule has 1 saturated heterocycles. The molecule has 0 spiro atoms. The molecule has 3 aromatic rings. The topological polar surface area (TPSA) is 74.3 Å². The van der Waals surface area contributed by atoms with Crippen LogP contribution in [0.2, 0.25) is 0 Å². The quantitative estimate of drug-likeness (QED) is 0.687. The Labute approximate surface area is 174 Å². The number of amides is 3. The third-order valence-corrected chi connectivity index (χ3v) is 5.36. The lowest BCUT2D eigenvalue weighted by molar-refractivity contribution is 0.0708. The van der Waals surface area contributed by atoms with Gasteiger partial charge in [-0.15, -0.1) is 0 Å². The summed E-state index contributed by atoms with van der Waals surface area (Å²) >= 11 is 0. The second-order valence-electron chi connectivity index (χ2n) is 7.49. The summed E-state index contributed by atoms with van der Waals surface area (Å²) in [5.74, 6) is -0.380. The monoisotopic (exact) mass is 406 g/mol. The van der Waals surface area contributed by atoms with Crippen LogP contribution >= 0.6 is 0 Å². The molecule has 2 N–H and O–H groups in total. The zero-order valence-electron chi connectivity index (χ0n) is 16.7. The van der Waals surface area contributed by atoms with E-state index >= 15 is 0 Å². The van der Waals surface area contributed by atoms with Crippen LogP contribution in [0, 0.1) is 12.7 Å². The highest BCUT2D eigenvalue weighted by atomic mass is 19.1. The van der Waals surface area contributed by atoms with E-state index in [2.05, 4.69) is 15.6 Å². The van der Waals surface area contributed by atoms with E-state index in [1.165, 1.54) is 24.3 Å². The van der Waals surface area contributed by atoms with Crippen LogP contribution in [0.4, 0.5) is 14.9 Å². The summed E-state index contributed by atoms with van der Waals surface area (Å²) in [5.41, 5.74) is 2.74. The number of anilines is 1. The van der Waals surface area contributed by atoms with Crippen LogP contribution in [0.25, 0.3) is 10.9 Å². The number of hydrogen-bond donors (Lipinski definition) is 2. The molecule has 0 atom stereocenters. The van der Waals surface area contributed by atoms with Crippen LogP contribution in [-0.2, 0) is 0 Å². The van der Waals surface area contributed by atoms with Crippen molar-refractivity contribution in [2.75, 3.05) is 18.4 Å². The van der Waals surface area contributed by atoms with E-state index in [1.807, 2.05) is 42.2 Å². The number of pyridine rings is 1. The van der Waals surface area contributed by atoms with Gasteiger partial charge < -0.3 is 15.5 Å². The zero-order chi connectivity index (χ0) is 21.1. The van der Waals surface area contributed by atoms with Gasteiger partial charge in [-0.25, -0.2) is 9.18 Å². The largest absolute Gasteiger partial charge is 0.338 e. The molecule has 1 aromatic heterocycles. The summed E-state index contributed by atoms with van der Waals surface area (Å²) in [4.78, 5) is 31.6. The van der Waals surface area contributed by atoms with Crippen molar-refractivity contribution in [3.63, 3.8) is 0 Å². The standard InChI is InChI=1S/C23H23FN4O2/c1-15-20(14-16-4-2-3-5-21(16)25-15)22(29)28-12-10-19(11-13-28)27-23(30)26-18-8-6-17(24)7-9-18/h2-9,14,19H,10-13H2,1H3,(H2,26,27,30). The fourth-order valence-corrected chi connectivity index (χ4v) is 3.71. The highest BCUT2D eigenvalue weighted by Gasteiger charge is 2.26. The maximum absolute atomic E-state index is 13.0. The molecule has 1 fully saturated rings. The number of nitrogens with one attached hydrogen (secondary N) is 2. The second-order valence-corrected chi connectivity index (χ2v) is 7.49. The van der Waals surface area contributed by atoms with Crippen molar-refractivity contribution in [3.05, 3.63) is 71.7 Å². The van der Waals surface area contributed by atoms with E-state index in [0.717, 1.165) is 16.6 Å². The van der Waals surface area contributed by atoms with Gasteiger partial charge in [0.15, 0.2) is 0 Å². The van der Waals surface area contributed by atoms with E-state index < -0.39 is 0 Å². The van der Waals surface area contributed by atoms with Crippen LogP contribution in [0.1, 0.15) is 28.9 Å². The van der Waals surface area contributed by atoms with Crippen molar-refractivity contribution >= 4 is 28.5 Å². The van der Waals surface area contributed by atoms with Crippen molar-refractivity contribution in [2.24, 2.45) is 0 Å². The Morgan fingerprint density at radius 3 is 2.50 bits per heavy atom. The Balaban J connectivity index is 1.34. The lowest BCUT2D eigenvalue weighted by atomic mass is 10.0. The first-order valence-electron chi connectivity index (χ1n) is 9.98. The van der Waals surface area contributed by atoms with Gasteiger partial charge in [-0.05, 0) is 56.2 Å². The Hall–Kier alpha value is -3.48. The molecule has 3 amide bonds. The molecule has 6 nitrogen and oxygen atoms in total. The number of aromatic nitrogens is 1. The molecule has 154 valence electrons. The van der Waals surface area contributed by atoms with E-state index in [9.17, 15) is 14.0 Å². The van der Waals surface area contributed by atoms with E-state index in [4.69, 9.17) is 0 Å². The molecule has 1 aliphatic rings. The van der Waals surface area contributed by atoms with Gasteiger partial charge in [-0.3, -0.25) is 9.78 Å². The maximum Gasteiger partial charge on any atom is 0.319 e. The molecule has 4 rings (SSSR count). The number of carbonyl (C=O) groups is 2. The van der Waals surface area contributed by atoms with Gasteiger partial charge in [0, 0.05) is 30.2 Å². The number of benzene rings is 2. The molecule has 2 heterocycles. The third-order valence-electron chi connectivity index (χ3n) is 5.36. The van der Waals surface area contributed by atoms with Crippen molar-refractivity contribution in [1.29, 1.82) is 0 Å². The van der Waals surface area contributed by atoms with Crippen molar-refractivity contribution in [2.45, 2.75) is 25.8 Å². The first-order chi connectivity index (χ1) is 14.5. The van der Waals surface area contributed by atoms with Crippen molar-refractivity contribution in [1.82, 2.24) is 15.2 Å². The Morgan fingerprint density at radius 1 is 1.07 bits per heavy atom. The highest BCUT2D eigenvalue weighted by Crippen LogP contribution is 2.20. The summed E-state index contributed by atoms with van der Waals surface area (Å²) in [7, 11) is 0. The molecule has 0 radical (unpaired) electrons. The number of rotatable bonds is 3. The van der Waals surface area contributed by atoms with Crippen LogP contribution < -0.4 is 10.6 Å². The van der Waals surface area contributed by atoms with Crippen LogP contribution in [0.15, 0.2) is 54.6 Å². The molecular formula is C23H23FN4O2.